The lowest BCUT2D eigenvalue weighted by Gasteiger charge is -2.24. The zero-order chi connectivity index (χ0) is 18.3. The lowest BCUT2D eigenvalue weighted by atomic mass is 10.0. The van der Waals surface area contributed by atoms with E-state index in [1.165, 1.54) is 12.1 Å². The first-order valence-electron chi connectivity index (χ1n) is 7.78. The van der Waals surface area contributed by atoms with E-state index in [0.29, 0.717) is 11.3 Å². The molecule has 0 saturated heterocycles. The van der Waals surface area contributed by atoms with Crippen molar-refractivity contribution in [1.82, 2.24) is 10.0 Å². The maximum absolute atomic E-state index is 13.2. The summed E-state index contributed by atoms with van der Waals surface area (Å²) in [6.45, 7) is 9.17. The minimum Gasteiger partial charge on any atom is -0.444 e. The molecule has 24 heavy (non-hydrogen) atoms. The molecule has 0 saturated carbocycles. The van der Waals surface area contributed by atoms with Crippen molar-refractivity contribution in [2.24, 2.45) is 5.92 Å². The van der Waals surface area contributed by atoms with Crippen LogP contribution in [0, 0.1) is 11.7 Å². The second-order valence-corrected chi connectivity index (χ2v) is 7.73. The Balaban J connectivity index is 2.65. The van der Waals surface area contributed by atoms with Gasteiger partial charge in [0, 0.05) is 4.90 Å². The second kappa shape index (κ2) is 8.92. The maximum Gasteiger partial charge on any atom is 0.408 e. The van der Waals surface area contributed by atoms with E-state index in [1.54, 1.807) is 32.9 Å². The van der Waals surface area contributed by atoms with Gasteiger partial charge in [0.05, 0.1) is 0 Å². The number of ether oxygens (including phenoxy) is 1. The molecule has 134 valence electrons. The van der Waals surface area contributed by atoms with Gasteiger partial charge in [0.1, 0.15) is 17.5 Å². The standard InChI is InChI=1S/C17H25FN2O3S/c1-11(2)9-14(19-16(22)23-17(3,4)5)15(21)20-24-13-8-6-7-12(18)10-13/h6-8,10-11,14H,9H2,1-5H3,(H,19,22)(H,20,21). The Kier molecular flexibility index (Phi) is 7.54. The Labute approximate surface area is 146 Å². The number of amides is 2. The third-order valence-electron chi connectivity index (χ3n) is 2.78. The molecule has 1 atom stereocenters. The lowest BCUT2D eigenvalue weighted by molar-refractivity contribution is -0.121. The average Bonchev–Trinajstić information content (AvgIpc) is 2.41. The molecule has 0 aliphatic rings. The quantitative estimate of drug-likeness (QED) is 0.759. The van der Waals surface area contributed by atoms with E-state index in [0.717, 1.165) is 11.9 Å². The number of nitrogens with one attached hydrogen (secondary N) is 2. The van der Waals surface area contributed by atoms with E-state index in [9.17, 15) is 14.0 Å². The summed E-state index contributed by atoms with van der Waals surface area (Å²) in [7, 11) is 0. The Morgan fingerprint density at radius 3 is 2.50 bits per heavy atom. The fraction of sp³-hybridized carbons (Fsp3) is 0.529. The number of hydrogen-bond donors (Lipinski definition) is 2. The van der Waals surface area contributed by atoms with Crippen LogP contribution in [0.15, 0.2) is 29.2 Å². The second-order valence-electron chi connectivity index (χ2n) is 6.85. The molecular formula is C17H25FN2O3S. The molecule has 0 radical (unpaired) electrons. The van der Waals surface area contributed by atoms with Gasteiger partial charge < -0.3 is 10.1 Å². The van der Waals surface area contributed by atoms with Crippen LogP contribution >= 0.6 is 11.9 Å². The highest BCUT2D eigenvalue weighted by Crippen LogP contribution is 2.16. The first kappa shape index (κ1) is 20.3. The minimum absolute atomic E-state index is 0.204. The third kappa shape index (κ3) is 8.19. The van der Waals surface area contributed by atoms with Crippen LogP contribution in [0.5, 0.6) is 0 Å². The molecule has 1 aromatic carbocycles. The van der Waals surface area contributed by atoms with Crippen LogP contribution in [-0.4, -0.2) is 23.6 Å². The molecule has 0 bridgehead atoms. The normalized spacial score (nSPS) is 12.6. The fourth-order valence-electron chi connectivity index (χ4n) is 1.86. The fourth-order valence-corrected chi connectivity index (χ4v) is 2.54. The van der Waals surface area contributed by atoms with Crippen molar-refractivity contribution >= 4 is 23.9 Å². The molecule has 0 aliphatic heterocycles. The lowest BCUT2D eigenvalue weighted by Crippen LogP contribution is -2.47. The average molecular weight is 356 g/mol. The molecule has 1 unspecified atom stereocenters. The summed E-state index contributed by atoms with van der Waals surface area (Å²) in [6.07, 6.45) is -0.173. The molecule has 2 amide bonds. The smallest absolute Gasteiger partial charge is 0.408 e. The first-order chi connectivity index (χ1) is 11.1. The summed E-state index contributed by atoms with van der Waals surface area (Å²) in [5.41, 5.74) is -0.640. The van der Waals surface area contributed by atoms with Crippen LogP contribution in [0.2, 0.25) is 0 Å². The molecular weight excluding hydrogens is 331 g/mol. The topological polar surface area (TPSA) is 67.4 Å². The van der Waals surface area contributed by atoms with Gasteiger partial charge >= 0.3 is 6.09 Å². The van der Waals surface area contributed by atoms with E-state index >= 15 is 0 Å². The molecule has 0 spiro atoms. The number of carbonyl (C=O) groups excluding carboxylic acids is 2. The zero-order valence-corrected chi connectivity index (χ0v) is 15.5. The molecule has 0 heterocycles. The van der Waals surface area contributed by atoms with Gasteiger partial charge in [-0.25, -0.2) is 9.18 Å². The van der Waals surface area contributed by atoms with Crippen molar-refractivity contribution in [2.75, 3.05) is 0 Å². The van der Waals surface area contributed by atoms with Crippen molar-refractivity contribution in [3.63, 3.8) is 0 Å². The molecule has 1 aromatic rings. The Morgan fingerprint density at radius 2 is 1.96 bits per heavy atom. The van der Waals surface area contributed by atoms with Gasteiger partial charge in [-0.2, -0.15) is 0 Å². The van der Waals surface area contributed by atoms with Crippen molar-refractivity contribution in [2.45, 2.75) is 57.6 Å². The van der Waals surface area contributed by atoms with Gasteiger partial charge in [-0.05, 0) is 63.3 Å². The highest BCUT2D eigenvalue weighted by Gasteiger charge is 2.25. The SMILES string of the molecule is CC(C)CC(NC(=O)OC(C)(C)C)C(=O)NSc1cccc(F)c1. The molecule has 5 nitrogen and oxygen atoms in total. The molecule has 2 N–H and O–H groups in total. The predicted molar refractivity (Wildman–Crippen MR) is 93.0 cm³/mol. The molecule has 1 rings (SSSR count). The van der Waals surface area contributed by atoms with Gasteiger partial charge in [0.15, 0.2) is 0 Å². The Hall–Kier alpha value is -1.76. The summed E-state index contributed by atoms with van der Waals surface area (Å²) in [5, 5.41) is 2.59. The highest BCUT2D eigenvalue weighted by atomic mass is 32.2. The maximum atomic E-state index is 13.2. The third-order valence-corrected chi connectivity index (χ3v) is 3.57. The van der Waals surface area contributed by atoms with E-state index in [1.807, 2.05) is 13.8 Å². The van der Waals surface area contributed by atoms with Crippen LogP contribution in [0.4, 0.5) is 9.18 Å². The largest absolute Gasteiger partial charge is 0.444 e. The Bertz CT molecular complexity index is 573. The van der Waals surface area contributed by atoms with Crippen LogP contribution in [0.3, 0.4) is 0 Å². The van der Waals surface area contributed by atoms with Gasteiger partial charge in [-0.3, -0.25) is 9.52 Å². The van der Waals surface area contributed by atoms with Crippen LogP contribution in [0.1, 0.15) is 41.0 Å². The van der Waals surface area contributed by atoms with Crippen molar-refractivity contribution in [1.29, 1.82) is 0 Å². The van der Waals surface area contributed by atoms with E-state index in [4.69, 9.17) is 4.74 Å². The van der Waals surface area contributed by atoms with Crippen molar-refractivity contribution in [3.8, 4) is 0 Å². The summed E-state index contributed by atoms with van der Waals surface area (Å²) in [5.74, 6) is -0.529. The number of carbonyl (C=O) groups is 2. The summed E-state index contributed by atoms with van der Waals surface area (Å²) >= 11 is 1.01. The van der Waals surface area contributed by atoms with Crippen molar-refractivity contribution in [3.05, 3.63) is 30.1 Å². The predicted octanol–water partition coefficient (Wildman–Crippen LogP) is 3.89. The highest BCUT2D eigenvalue weighted by molar-refractivity contribution is 7.98. The monoisotopic (exact) mass is 356 g/mol. The van der Waals surface area contributed by atoms with Crippen LogP contribution in [-0.2, 0) is 9.53 Å². The van der Waals surface area contributed by atoms with Crippen LogP contribution < -0.4 is 10.0 Å². The van der Waals surface area contributed by atoms with Gasteiger partial charge in [0.25, 0.3) is 5.91 Å². The van der Waals surface area contributed by atoms with Gasteiger partial charge in [-0.15, -0.1) is 0 Å². The molecule has 0 aromatic heterocycles. The first-order valence-corrected chi connectivity index (χ1v) is 8.60. The molecule has 0 fully saturated rings. The summed E-state index contributed by atoms with van der Waals surface area (Å²) in [6, 6.07) is 5.18. The Morgan fingerprint density at radius 1 is 1.29 bits per heavy atom. The van der Waals surface area contributed by atoms with Crippen LogP contribution in [0.25, 0.3) is 0 Å². The van der Waals surface area contributed by atoms with E-state index < -0.39 is 17.7 Å². The summed E-state index contributed by atoms with van der Waals surface area (Å²) < 4.78 is 21.0. The van der Waals surface area contributed by atoms with E-state index in [2.05, 4.69) is 10.0 Å². The number of benzene rings is 1. The molecule has 0 aliphatic carbocycles. The summed E-state index contributed by atoms with van der Waals surface area (Å²) in [4.78, 5) is 24.8. The van der Waals surface area contributed by atoms with Crippen molar-refractivity contribution < 1.29 is 18.7 Å². The number of alkyl carbamates (subject to hydrolysis) is 1. The van der Waals surface area contributed by atoms with Gasteiger partial charge in [0.2, 0.25) is 0 Å². The number of rotatable bonds is 6. The number of halogens is 1. The van der Waals surface area contributed by atoms with E-state index in [-0.39, 0.29) is 17.6 Å². The van der Waals surface area contributed by atoms with Gasteiger partial charge in [-0.1, -0.05) is 19.9 Å². The number of hydrogen-bond acceptors (Lipinski definition) is 4. The minimum atomic E-state index is -0.721. The molecule has 7 heteroatoms. The zero-order valence-electron chi connectivity index (χ0n) is 14.7.